The van der Waals surface area contributed by atoms with Crippen LogP contribution < -0.4 is 0 Å². The summed E-state index contributed by atoms with van der Waals surface area (Å²) in [5.74, 6) is -2.88. The maximum Gasteiger partial charge on any atom is 0.306 e. The van der Waals surface area contributed by atoms with Crippen LogP contribution in [0, 0.1) is 17.7 Å². The van der Waals surface area contributed by atoms with Crippen LogP contribution in [0.15, 0.2) is 17.0 Å². The molecule has 1 fully saturated rings. The standard InChI is InChI=1S/C12H12Cl2FNO4S/c1-6(12(17)18)7-4-16(5-7)21(19,20)9-3-2-8(13)11(15)10(9)14/h2-3,6-7H,4-5H2,1H3,(H,17,18). The number of carbonyl (C=O) groups is 1. The highest BCUT2D eigenvalue weighted by Crippen LogP contribution is 2.35. The van der Waals surface area contributed by atoms with Crippen LogP contribution in [0.25, 0.3) is 0 Å². The molecule has 9 heteroatoms. The topological polar surface area (TPSA) is 74.7 Å². The van der Waals surface area contributed by atoms with Gasteiger partial charge in [-0.3, -0.25) is 4.79 Å². The summed E-state index contributed by atoms with van der Waals surface area (Å²) in [4.78, 5) is 10.5. The van der Waals surface area contributed by atoms with Gasteiger partial charge in [-0.2, -0.15) is 4.31 Å². The minimum atomic E-state index is -3.95. The molecule has 1 heterocycles. The molecule has 5 nitrogen and oxygen atoms in total. The average Bonchev–Trinajstić information content (AvgIpc) is 2.33. The zero-order valence-electron chi connectivity index (χ0n) is 10.9. The molecule has 2 rings (SSSR count). The van der Waals surface area contributed by atoms with Crippen molar-refractivity contribution < 1.29 is 22.7 Å². The molecular formula is C12H12Cl2FNO4S. The molecule has 1 saturated heterocycles. The Morgan fingerprint density at radius 1 is 1.43 bits per heavy atom. The van der Waals surface area contributed by atoms with Gasteiger partial charge >= 0.3 is 5.97 Å². The summed E-state index contributed by atoms with van der Waals surface area (Å²) in [6.45, 7) is 1.65. The summed E-state index contributed by atoms with van der Waals surface area (Å²) in [6.07, 6.45) is 0. The first kappa shape index (κ1) is 16.5. The van der Waals surface area contributed by atoms with E-state index < -0.39 is 32.8 Å². The maximum atomic E-state index is 13.6. The number of sulfonamides is 1. The van der Waals surface area contributed by atoms with Crippen molar-refractivity contribution in [3.8, 4) is 0 Å². The van der Waals surface area contributed by atoms with Crippen LogP contribution in [-0.2, 0) is 14.8 Å². The fourth-order valence-corrected chi connectivity index (χ4v) is 4.30. The first-order valence-electron chi connectivity index (χ1n) is 6.02. The molecule has 1 aliphatic heterocycles. The zero-order valence-corrected chi connectivity index (χ0v) is 13.2. The molecule has 0 radical (unpaired) electrons. The van der Waals surface area contributed by atoms with Crippen molar-refractivity contribution >= 4 is 39.2 Å². The van der Waals surface area contributed by atoms with Gasteiger partial charge < -0.3 is 5.11 Å². The molecule has 0 saturated carbocycles. The Hall–Kier alpha value is -0.890. The highest BCUT2D eigenvalue weighted by atomic mass is 35.5. The van der Waals surface area contributed by atoms with Crippen molar-refractivity contribution in [3.05, 3.63) is 28.0 Å². The predicted octanol–water partition coefficient (Wildman–Crippen LogP) is 2.47. The highest BCUT2D eigenvalue weighted by molar-refractivity contribution is 7.89. The molecule has 116 valence electrons. The Bertz CT molecular complexity index is 689. The molecule has 0 aliphatic carbocycles. The Labute approximate surface area is 131 Å². The van der Waals surface area contributed by atoms with Gasteiger partial charge in [0.2, 0.25) is 10.0 Å². The molecule has 0 amide bonds. The summed E-state index contributed by atoms with van der Waals surface area (Å²) in [6, 6.07) is 2.25. The minimum absolute atomic E-state index is 0.0658. The number of carboxylic acids is 1. The van der Waals surface area contributed by atoms with Crippen LogP contribution in [0.4, 0.5) is 4.39 Å². The van der Waals surface area contributed by atoms with Crippen LogP contribution in [0.5, 0.6) is 0 Å². The largest absolute Gasteiger partial charge is 0.481 e. The van der Waals surface area contributed by atoms with Gasteiger partial charge in [-0.25, -0.2) is 12.8 Å². The summed E-state index contributed by atoms with van der Waals surface area (Å²) < 4.78 is 39.3. The van der Waals surface area contributed by atoms with E-state index in [1.54, 1.807) is 0 Å². The van der Waals surface area contributed by atoms with E-state index in [0.717, 1.165) is 16.4 Å². The average molecular weight is 356 g/mol. The Balaban J connectivity index is 2.22. The molecule has 1 aromatic carbocycles. The van der Waals surface area contributed by atoms with Gasteiger partial charge in [-0.1, -0.05) is 30.1 Å². The van der Waals surface area contributed by atoms with E-state index in [1.807, 2.05) is 0 Å². The van der Waals surface area contributed by atoms with E-state index in [2.05, 4.69) is 0 Å². The van der Waals surface area contributed by atoms with Gasteiger partial charge in [-0.05, 0) is 18.1 Å². The van der Waals surface area contributed by atoms with E-state index in [1.165, 1.54) is 6.92 Å². The van der Waals surface area contributed by atoms with Crippen LogP contribution in [-0.4, -0.2) is 36.9 Å². The lowest BCUT2D eigenvalue weighted by Crippen LogP contribution is -2.53. The second kappa shape index (κ2) is 5.72. The molecule has 1 atom stereocenters. The van der Waals surface area contributed by atoms with E-state index in [-0.39, 0.29) is 28.9 Å². The molecular weight excluding hydrogens is 344 g/mol. The summed E-state index contributed by atoms with van der Waals surface area (Å²) in [5, 5.41) is 8.06. The number of aliphatic carboxylic acids is 1. The van der Waals surface area contributed by atoms with E-state index in [9.17, 15) is 17.6 Å². The number of halogens is 3. The van der Waals surface area contributed by atoms with E-state index in [0.29, 0.717) is 0 Å². The quantitative estimate of drug-likeness (QED) is 0.841. The zero-order chi connectivity index (χ0) is 15.9. The lowest BCUT2D eigenvalue weighted by atomic mass is 9.89. The molecule has 0 spiro atoms. The Kier molecular flexibility index (Phi) is 4.49. The summed E-state index contributed by atoms with van der Waals surface area (Å²) in [5.41, 5.74) is 0. The molecule has 1 unspecified atom stereocenters. The third-order valence-electron chi connectivity index (χ3n) is 3.59. The van der Waals surface area contributed by atoms with Crippen LogP contribution >= 0.6 is 23.2 Å². The van der Waals surface area contributed by atoms with Crippen LogP contribution in [0.1, 0.15) is 6.92 Å². The molecule has 1 N–H and O–H groups in total. The minimum Gasteiger partial charge on any atom is -0.481 e. The van der Waals surface area contributed by atoms with Crippen molar-refractivity contribution in [2.75, 3.05) is 13.1 Å². The number of rotatable bonds is 4. The molecule has 0 bridgehead atoms. The fourth-order valence-electron chi connectivity index (χ4n) is 2.03. The second-order valence-corrected chi connectivity index (χ2v) is 7.57. The molecule has 21 heavy (non-hydrogen) atoms. The lowest BCUT2D eigenvalue weighted by Gasteiger charge is -2.40. The monoisotopic (exact) mass is 355 g/mol. The van der Waals surface area contributed by atoms with E-state index in [4.69, 9.17) is 28.3 Å². The van der Waals surface area contributed by atoms with Crippen LogP contribution in [0.3, 0.4) is 0 Å². The first-order chi connectivity index (χ1) is 9.66. The highest BCUT2D eigenvalue weighted by Gasteiger charge is 2.42. The predicted molar refractivity (Wildman–Crippen MR) is 75.5 cm³/mol. The van der Waals surface area contributed by atoms with Gasteiger partial charge in [0, 0.05) is 13.1 Å². The number of nitrogens with zero attached hydrogens (tertiary/aromatic N) is 1. The van der Waals surface area contributed by atoms with Crippen molar-refractivity contribution in [2.24, 2.45) is 11.8 Å². The van der Waals surface area contributed by atoms with Gasteiger partial charge in [0.1, 0.15) is 4.90 Å². The molecule has 0 aromatic heterocycles. The van der Waals surface area contributed by atoms with E-state index >= 15 is 0 Å². The van der Waals surface area contributed by atoms with Gasteiger partial charge in [-0.15, -0.1) is 0 Å². The second-order valence-electron chi connectivity index (χ2n) is 4.88. The van der Waals surface area contributed by atoms with Gasteiger partial charge in [0.25, 0.3) is 0 Å². The fraction of sp³-hybridized carbons (Fsp3) is 0.417. The van der Waals surface area contributed by atoms with Crippen molar-refractivity contribution in [3.63, 3.8) is 0 Å². The smallest absolute Gasteiger partial charge is 0.306 e. The number of carboxylic acid groups (broad SMARTS) is 1. The van der Waals surface area contributed by atoms with Crippen molar-refractivity contribution in [1.29, 1.82) is 0 Å². The third kappa shape index (κ3) is 2.88. The summed E-state index contributed by atoms with van der Waals surface area (Å²) in [7, 11) is -3.95. The van der Waals surface area contributed by atoms with Crippen molar-refractivity contribution in [1.82, 2.24) is 4.31 Å². The first-order valence-corrected chi connectivity index (χ1v) is 8.22. The third-order valence-corrected chi connectivity index (χ3v) is 6.24. The molecule has 1 aliphatic rings. The number of hydrogen-bond donors (Lipinski definition) is 1. The van der Waals surface area contributed by atoms with Gasteiger partial charge in [0.05, 0.1) is 16.0 Å². The Morgan fingerprint density at radius 3 is 2.52 bits per heavy atom. The van der Waals surface area contributed by atoms with Crippen molar-refractivity contribution in [2.45, 2.75) is 11.8 Å². The normalized spacial score (nSPS) is 18.3. The number of benzene rings is 1. The lowest BCUT2D eigenvalue weighted by molar-refractivity contribution is -0.144. The maximum absolute atomic E-state index is 13.6. The molecule has 1 aromatic rings. The number of hydrogen-bond acceptors (Lipinski definition) is 3. The SMILES string of the molecule is CC(C(=O)O)C1CN(S(=O)(=O)c2ccc(Cl)c(F)c2Cl)C1. The van der Waals surface area contributed by atoms with Gasteiger partial charge in [0.15, 0.2) is 5.82 Å². The summed E-state index contributed by atoms with van der Waals surface area (Å²) >= 11 is 11.2. The Morgan fingerprint density at radius 2 is 2.00 bits per heavy atom. The van der Waals surface area contributed by atoms with Crippen LogP contribution in [0.2, 0.25) is 10.0 Å².